The van der Waals surface area contributed by atoms with Crippen LogP contribution in [0.3, 0.4) is 0 Å². The lowest BCUT2D eigenvalue weighted by Gasteiger charge is -2.15. The summed E-state index contributed by atoms with van der Waals surface area (Å²) in [5.74, 6) is -0.284. The Kier molecular flexibility index (Phi) is 6.30. The molecule has 1 unspecified atom stereocenters. The highest BCUT2D eigenvalue weighted by atomic mass is 16.6. The number of hydrogen-bond donors (Lipinski definition) is 3. The molecule has 3 N–H and O–H groups in total. The molecule has 0 aromatic heterocycles. The van der Waals surface area contributed by atoms with Crippen molar-refractivity contribution in [1.82, 2.24) is 10.6 Å². The Morgan fingerprint density at radius 2 is 2.05 bits per heavy atom. The number of benzene rings is 1. The quantitative estimate of drug-likeness (QED) is 0.550. The molecule has 0 aliphatic carbocycles. The maximum Gasteiger partial charge on any atom is 0.319 e. The van der Waals surface area contributed by atoms with Gasteiger partial charge in [-0.15, -0.1) is 0 Å². The fourth-order valence-corrected chi connectivity index (χ4v) is 1.78. The summed E-state index contributed by atoms with van der Waals surface area (Å²) in [4.78, 5) is 33.9. The molecule has 0 fully saturated rings. The first-order valence-electron chi connectivity index (χ1n) is 6.96. The van der Waals surface area contributed by atoms with Crippen molar-refractivity contribution >= 4 is 23.3 Å². The predicted molar refractivity (Wildman–Crippen MR) is 82.8 cm³/mol. The fraction of sp³-hybridized carbons (Fsp3) is 0.429. The van der Waals surface area contributed by atoms with E-state index in [1.54, 1.807) is 19.9 Å². The lowest BCUT2D eigenvalue weighted by molar-refractivity contribution is -0.385. The van der Waals surface area contributed by atoms with Crippen molar-refractivity contribution in [3.63, 3.8) is 0 Å². The molecule has 8 heteroatoms. The summed E-state index contributed by atoms with van der Waals surface area (Å²) in [6, 6.07) is 3.11. The van der Waals surface area contributed by atoms with Gasteiger partial charge in [-0.05, 0) is 26.3 Å². The van der Waals surface area contributed by atoms with Crippen molar-refractivity contribution in [2.45, 2.75) is 33.2 Å². The second-order valence-corrected chi connectivity index (χ2v) is 4.82. The van der Waals surface area contributed by atoms with E-state index in [2.05, 4.69) is 16.0 Å². The van der Waals surface area contributed by atoms with Gasteiger partial charge in [-0.2, -0.15) is 0 Å². The number of anilines is 1. The summed E-state index contributed by atoms with van der Waals surface area (Å²) < 4.78 is 0. The van der Waals surface area contributed by atoms with Gasteiger partial charge in [-0.3, -0.25) is 14.9 Å². The zero-order chi connectivity index (χ0) is 16.7. The molecule has 0 bridgehead atoms. The molecule has 0 radical (unpaired) electrons. The number of nitrogens with zero attached hydrogens (tertiary/aromatic N) is 1. The van der Waals surface area contributed by atoms with Gasteiger partial charge < -0.3 is 16.0 Å². The van der Waals surface area contributed by atoms with Gasteiger partial charge in [0.1, 0.15) is 6.04 Å². The Morgan fingerprint density at radius 1 is 1.36 bits per heavy atom. The van der Waals surface area contributed by atoms with Crippen LogP contribution in [0.1, 0.15) is 25.8 Å². The molecule has 0 aliphatic heterocycles. The summed E-state index contributed by atoms with van der Waals surface area (Å²) in [5, 5.41) is 18.5. The third-order valence-corrected chi connectivity index (χ3v) is 3.04. The van der Waals surface area contributed by atoms with E-state index in [1.165, 1.54) is 12.1 Å². The van der Waals surface area contributed by atoms with Crippen molar-refractivity contribution in [3.05, 3.63) is 33.9 Å². The van der Waals surface area contributed by atoms with Crippen molar-refractivity contribution in [3.8, 4) is 0 Å². The molecule has 0 spiro atoms. The molecule has 0 aliphatic rings. The van der Waals surface area contributed by atoms with E-state index in [-0.39, 0.29) is 11.6 Å². The summed E-state index contributed by atoms with van der Waals surface area (Å²) in [6.45, 7) is 5.57. The maximum atomic E-state index is 11.9. The van der Waals surface area contributed by atoms with Gasteiger partial charge in [0.05, 0.1) is 16.2 Å². The van der Waals surface area contributed by atoms with Crippen LogP contribution in [-0.4, -0.2) is 29.4 Å². The lowest BCUT2D eigenvalue weighted by Crippen LogP contribution is -2.46. The smallest absolute Gasteiger partial charge is 0.319 e. The molecule has 1 aromatic rings. The number of hydrogen-bond acceptors (Lipinski definition) is 4. The molecule has 8 nitrogen and oxygen atoms in total. The summed E-state index contributed by atoms with van der Waals surface area (Å²) >= 11 is 0. The minimum atomic E-state index is -0.703. The molecule has 120 valence electrons. The van der Waals surface area contributed by atoms with E-state index >= 15 is 0 Å². The van der Waals surface area contributed by atoms with E-state index in [1.807, 2.05) is 6.92 Å². The average molecular weight is 308 g/mol. The van der Waals surface area contributed by atoms with Crippen LogP contribution in [0.4, 0.5) is 16.2 Å². The minimum absolute atomic E-state index is 0.0773. The van der Waals surface area contributed by atoms with Crippen LogP contribution in [0.5, 0.6) is 0 Å². The predicted octanol–water partition coefficient (Wildman–Crippen LogP) is 1.94. The number of nitro benzene ring substituents is 1. The number of carbonyl (C=O) groups excluding carboxylic acids is 2. The largest absolute Gasteiger partial charge is 0.354 e. The maximum absolute atomic E-state index is 11.9. The third-order valence-electron chi connectivity index (χ3n) is 3.04. The van der Waals surface area contributed by atoms with E-state index in [9.17, 15) is 19.7 Å². The molecule has 0 saturated carbocycles. The minimum Gasteiger partial charge on any atom is -0.354 e. The Morgan fingerprint density at radius 3 is 2.64 bits per heavy atom. The summed E-state index contributed by atoms with van der Waals surface area (Å²) in [7, 11) is 0. The number of amides is 3. The molecule has 22 heavy (non-hydrogen) atoms. The Balaban J connectivity index is 2.68. The molecule has 3 amide bonds. The van der Waals surface area contributed by atoms with Crippen molar-refractivity contribution in [1.29, 1.82) is 0 Å². The molecular formula is C14H20N4O4. The third kappa shape index (κ3) is 4.72. The summed E-state index contributed by atoms with van der Waals surface area (Å²) in [6.07, 6.45) is 0.803. The van der Waals surface area contributed by atoms with Crippen molar-refractivity contribution < 1.29 is 14.5 Å². The molecule has 1 atom stereocenters. The lowest BCUT2D eigenvalue weighted by atomic mass is 10.1. The van der Waals surface area contributed by atoms with Gasteiger partial charge in [0.15, 0.2) is 0 Å². The van der Waals surface area contributed by atoms with E-state index in [4.69, 9.17) is 0 Å². The number of nitro groups is 1. The Hall–Kier alpha value is -2.64. The van der Waals surface area contributed by atoms with Crippen LogP contribution in [-0.2, 0) is 4.79 Å². The molecule has 1 aromatic carbocycles. The topological polar surface area (TPSA) is 113 Å². The van der Waals surface area contributed by atoms with E-state index in [0.29, 0.717) is 17.8 Å². The van der Waals surface area contributed by atoms with Crippen LogP contribution in [0.15, 0.2) is 18.2 Å². The van der Waals surface area contributed by atoms with Gasteiger partial charge in [0.25, 0.3) is 5.69 Å². The van der Waals surface area contributed by atoms with Gasteiger partial charge in [-0.1, -0.05) is 13.0 Å². The Bertz CT molecular complexity index is 574. The fourth-order valence-electron chi connectivity index (χ4n) is 1.78. The Labute approximate surface area is 128 Å². The number of rotatable bonds is 6. The van der Waals surface area contributed by atoms with Gasteiger partial charge in [-0.25, -0.2) is 4.79 Å². The van der Waals surface area contributed by atoms with Gasteiger partial charge >= 0.3 is 6.03 Å². The standard InChI is InChI=1S/C14H20N4O4/c1-4-8-15-13(19)10(3)16-14(20)17-11-6-5-7-12(9(11)2)18(21)22/h5-7,10H,4,8H2,1-3H3,(H,15,19)(H2,16,17,20). The molecule has 0 saturated heterocycles. The number of carbonyl (C=O) groups is 2. The SMILES string of the molecule is CCCNC(=O)C(C)NC(=O)Nc1cccc([N+](=O)[O-])c1C. The van der Waals surface area contributed by atoms with Crippen LogP contribution in [0.2, 0.25) is 0 Å². The van der Waals surface area contributed by atoms with E-state index in [0.717, 1.165) is 6.42 Å². The monoisotopic (exact) mass is 308 g/mol. The van der Waals surface area contributed by atoms with Crippen LogP contribution >= 0.6 is 0 Å². The molecule has 0 heterocycles. The highest BCUT2D eigenvalue weighted by Crippen LogP contribution is 2.24. The van der Waals surface area contributed by atoms with Crippen LogP contribution < -0.4 is 16.0 Å². The first-order valence-corrected chi connectivity index (χ1v) is 6.96. The van der Waals surface area contributed by atoms with Crippen LogP contribution in [0, 0.1) is 17.0 Å². The first-order chi connectivity index (χ1) is 10.4. The van der Waals surface area contributed by atoms with Crippen molar-refractivity contribution in [2.24, 2.45) is 0 Å². The zero-order valence-corrected chi connectivity index (χ0v) is 12.8. The molecule has 1 rings (SSSR count). The number of nitrogens with one attached hydrogen (secondary N) is 3. The number of urea groups is 1. The zero-order valence-electron chi connectivity index (χ0n) is 12.8. The van der Waals surface area contributed by atoms with Gasteiger partial charge in [0, 0.05) is 12.6 Å². The highest BCUT2D eigenvalue weighted by Gasteiger charge is 2.17. The van der Waals surface area contributed by atoms with Crippen LogP contribution in [0.25, 0.3) is 0 Å². The summed E-state index contributed by atoms with van der Waals surface area (Å²) in [5.41, 5.74) is 0.602. The van der Waals surface area contributed by atoms with Gasteiger partial charge in [0.2, 0.25) is 5.91 Å². The van der Waals surface area contributed by atoms with E-state index < -0.39 is 17.0 Å². The highest BCUT2D eigenvalue weighted by molar-refractivity contribution is 5.94. The first kappa shape index (κ1) is 17.4. The molecular weight excluding hydrogens is 288 g/mol. The van der Waals surface area contributed by atoms with Crippen molar-refractivity contribution in [2.75, 3.05) is 11.9 Å². The normalized spacial score (nSPS) is 11.4. The average Bonchev–Trinajstić information content (AvgIpc) is 2.46. The second-order valence-electron chi connectivity index (χ2n) is 4.82. The second kappa shape index (κ2) is 7.96.